The predicted octanol–water partition coefficient (Wildman–Crippen LogP) is -0.998. The van der Waals surface area contributed by atoms with Crippen molar-refractivity contribution in [3.63, 3.8) is 0 Å². The van der Waals surface area contributed by atoms with Crippen LogP contribution >= 0.6 is 0 Å². The van der Waals surface area contributed by atoms with Crippen LogP contribution in [-0.4, -0.2) is 20.8 Å². The van der Waals surface area contributed by atoms with E-state index in [1.807, 2.05) is 0 Å². The third-order valence-corrected chi connectivity index (χ3v) is 2.17. The molecule has 3 N–H and O–H groups in total. The van der Waals surface area contributed by atoms with E-state index < -0.39 is 16.9 Å². The summed E-state index contributed by atoms with van der Waals surface area (Å²) in [7, 11) is 0. The van der Waals surface area contributed by atoms with E-state index in [2.05, 4.69) is 5.18 Å². The molecule has 88 valence electrons. The molecule has 8 heteroatoms. The number of aliphatic hydroxyl groups excluding tert-OH is 1. The van der Waals surface area contributed by atoms with Crippen LogP contribution in [0.3, 0.4) is 0 Å². The van der Waals surface area contributed by atoms with E-state index in [-0.39, 0.29) is 25.5 Å². The molecular formula is C8H12N4O4. The summed E-state index contributed by atoms with van der Waals surface area (Å²) in [6.07, 6.45) is 0. The second kappa shape index (κ2) is 4.71. The van der Waals surface area contributed by atoms with Crippen molar-refractivity contribution in [3.8, 4) is 0 Å². The standard InChI is InChI=1S/C8H12N4O4/c1-2-11-7(14)5(10-16)6(9)12(3-4-13)8(11)15/h13H,2-4,9H2,1H3. The van der Waals surface area contributed by atoms with Crippen molar-refractivity contribution in [2.45, 2.75) is 20.0 Å². The minimum atomic E-state index is -0.811. The highest BCUT2D eigenvalue weighted by Gasteiger charge is 2.16. The first-order chi connectivity index (χ1) is 7.58. The number of aromatic nitrogens is 2. The van der Waals surface area contributed by atoms with E-state index in [1.165, 1.54) is 0 Å². The number of hydrogen-bond donors (Lipinski definition) is 2. The van der Waals surface area contributed by atoms with Crippen molar-refractivity contribution in [1.82, 2.24) is 9.13 Å². The van der Waals surface area contributed by atoms with Crippen molar-refractivity contribution >= 4 is 11.5 Å². The molecule has 0 aliphatic rings. The molecule has 1 aromatic rings. The van der Waals surface area contributed by atoms with Gasteiger partial charge in [-0.1, -0.05) is 0 Å². The third-order valence-electron chi connectivity index (χ3n) is 2.17. The lowest BCUT2D eigenvalue weighted by Crippen LogP contribution is -2.41. The van der Waals surface area contributed by atoms with Crippen molar-refractivity contribution in [1.29, 1.82) is 0 Å². The summed E-state index contributed by atoms with van der Waals surface area (Å²) < 4.78 is 1.78. The molecule has 0 aliphatic heterocycles. The van der Waals surface area contributed by atoms with E-state index in [1.54, 1.807) is 6.92 Å². The Bertz CT molecular complexity index is 516. The summed E-state index contributed by atoms with van der Waals surface area (Å²) in [5.74, 6) is -0.316. The second-order valence-electron chi connectivity index (χ2n) is 3.03. The van der Waals surface area contributed by atoms with Gasteiger partial charge in [-0.3, -0.25) is 13.9 Å². The SMILES string of the molecule is CCn1c(=O)c(N=O)c(N)n(CCO)c1=O. The van der Waals surface area contributed by atoms with Gasteiger partial charge in [0.2, 0.25) is 5.69 Å². The number of aliphatic hydroxyl groups is 1. The Morgan fingerprint density at radius 2 is 2.00 bits per heavy atom. The first-order valence-corrected chi connectivity index (χ1v) is 4.65. The topological polar surface area (TPSA) is 120 Å². The smallest absolute Gasteiger partial charge is 0.332 e. The van der Waals surface area contributed by atoms with Crippen LogP contribution in [0, 0.1) is 4.91 Å². The highest BCUT2D eigenvalue weighted by molar-refractivity contribution is 5.55. The van der Waals surface area contributed by atoms with Gasteiger partial charge in [-0.2, -0.15) is 0 Å². The van der Waals surface area contributed by atoms with Gasteiger partial charge < -0.3 is 10.8 Å². The predicted molar refractivity (Wildman–Crippen MR) is 57.6 cm³/mol. The highest BCUT2D eigenvalue weighted by atomic mass is 16.3. The van der Waals surface area contributed by atoms with Crippen LogP contribution in [-0.2, 0) is 13.1 Å². The van der Waals surface area contributed by atoms with Crippen LogP contribution in [0.4, 0.5) is 11.5 Å². The van der Waals surface area contributed by atoms with Gasteiger partial charge in [0.05, 0.1) is 13.2 Å². The molecule has 0 amide bonds. The van der Waals surface area contributed by atoms with Gasteiger partial charge >= 0.3 is 5.69 Å². The molecule has 0 radical (unpaired) electrons. The minimum Gasteiger partial charge on any atom is -0.395 e. The quantitative estimate of drug-likeness (QED) is 0.640. The lowest BCUT2D eigenvalue weighted by Gasteiger charge is -2.11. The average molecular weight is 228 g/mol. The first kappa shape index (κ1) is 12.1. The van der Waals surface area contributed by atoms with Gasteiger partial charge in [-0.05, 0) is 12.1 Å². The maximum atomic E-state index is 11.7. The molecule has 0 unspecified atom stereocenters. The molecule has 1 heterocycles. The Morgan fingerprint density at radius 3 is 2.44 bits per heavy atom. The van der Waals surface area contributed by atoms with E-state index in [0.717, 1.165) is 9.13 Å². The van der Waals surface area contributed by atoms with Crippen molar-refractivity contribution in [3.05, 3.63) is 25.7 Å². The maximum Gasteiger partial charge on any atom is 0.332 e. The Kier molecular flexibility index (Phi) is 3.56. The number of nitroso groups, excluding NO2 is 1. The molecule has 0 aliphatic carbocycles. The van der Waals surface area contributed by atoms with Crippen LogP contribution in [0.5, 0.6) is 0 Å². The first-order valence-electron chi connectivity index (χ1n) is 4.65. The summed E-state index contributed by atoms with van der Waals surface area (Å²) in [5, 5.41) is 11.3. The monoisotopic (exact) mass is 228 g/mol. The molecule has 1 rings (SSSR count). The summed E-state index contributed by atoms with van der Waals surface area (Å²) in [5.41, 5.74) is 3.47. The molecule has 0 saturated carbocycles. The van der Waals surface area contributed by atoms with Crippen LogP contribution in [0.1, 0.15) is 6.92 Å². The zero-order valence-corrected chi connectivity index (χ0v) is 8.71. The van der Waals surface area contributed by atoms with Crippen LogP contribution in [0.25, 0.3) is 0 Å². The zero-order chi connectivity index (χ0) is 12.3. The van der Waals surface area contributed by atoms with Gasteiger partial charge in [-0.25, -0.2) is 4.79 Å². The van der Waals surface area contributed by atoms with Gasteiger partial charge in [0.1, 0.15) is 5.82 Å². The summed E-state index contributed by atoms with van der Waals surface area (Å²) >= 11 is 0. The zero-order valence-electron chi connectivity index (χ0n) is 8.71. The molecule has 0 aromatic carbocycles. The number of anilines is 1. The minimum absolute atomic E-state index is 0.0898. The molecule has 0 saturated heterocycles. The fourth-order valence-electron chi connectivity index (χ4n) is 1.38. The normalized spacial score (nSPS) is 10.4. The molecule has 0 spiro atoms. The van der Waals surface area contributed by atoms with E-state index in [4.69, 9.17) is 10.8 Å². The molecule has 0 fully saturated rings. The summed E-state index contributed by atoms with van der Waals surface area (Å²) in [6.45, 7) is 1.26. The van der Waals surface area contributed by atoms with Crippen molar-refractivity contribution < 1.29 is 5.11 Å². The molecule has 0 atom stereocenters. The third kappa shape index (κ3) is 1.74. The second-order valence-corrected chi connectivity index (χ2v) is 3.03. The number of hydrogen-bond acceptors (Lipinski definition) is 6. The summed E-state index contributed by atoms with van der Waals surface area (Å²) in [4.78, 5) is 33.7. The number of nitrogens with zero attached hydrogens (tertiary/aromatic N) is 3. The molecule has 16 heavy (non-hydrogen) atoms. The van der Waals surface area contributed by atoms with Gasteiger partial charge in [0.15, 0.2) is 0 Å². The summed E-state index contributed by atoms with van der Waals surface area (Å²) in [6, 6.07) is 0. The molecule has 8 nitrogen and oxygen atoms in total. The van der Waals surface area contributed by atoms with E-state index >= 15 is 0 Å². The number of nitrogen functional groups attached to an aromatic ring is 1. The lowest BCUT2D eigenvalue weighted by molar-refractivity contribution is 0.273. The maximum absolute atomic E-state index is 11.7. The average Bonchev–Trinajstić information content (AvgIpc) is 2.26. The van der Waals surface area contributed by atoms with Crippen molar-refractivity contribution in [2.75, 3.05) is 12.3 Å². The number of rotatable bonds is 4. The highest BCUT2D eigenvalue weighted by Crippen LogP contribution is 2.13. The van der Waals surface area contributed by atoms with Crippen molar-refractivity contribution in [2.24, 2.45) is 5.18 Å². The van der Waals surface area contributed by atoms with Gasteiger partial charge in [0.25, 0.3) is 5.56 Å². The fourth-order valence-corrected chi connectivity index (χ4v) is 1.38. The molecule has 1 aromatic heterocycles. The Labute approximate surface area is 89.9 Å². The Balaban J connectivity index is 3.70. The van der Waals surface area contributed by atoms with E-state index in [0.29, 0.717) is 0 Å². The van der Waals surface area contributed by atoms with Crippen LogP contribution < -0.4 is 17.0 Å². The van der Waals surface area contributed by atoms with Gasteiger partial charge in [0, 0.05) is 6.54 Å². The fraction of sp³-hybridized carbons (Fsp3) is 0.500. The lowest BCUT2D eigenvalue weighted by atomic mass is 10.4. The number of nitrogens with two attached hydrogens (primary N) is 1. The van der Waals surface area contributed by atoms with E-state index in [9.17, 15) is 14.5 Å². The molecular weight excluding hydrogens is 216 g/mol. The molecule has 0 bridgehead atoms. The van der Waals surface area contributed by atoms with Gasteiger partial charge in [-0.15, -0.1) is 4.91 Å². The Morgan fingerprint density at radius 1 is 1.38 bits per heavy atom. The Hall–Kier alpha value is -1.96. The van der Waals surface area contributed by atoms with Crippen LogP contribution in [0.15, 0.2) is 14.8 Å². The largest absolute Gasteiger partial charge is 0.395 e. The van der Waals surface area contributed by atoms with Crippen LogP contribution in [0.2, 0.25) is 0 Å².